The van der Waals surface area contributed by atoms with Gasteiger partial charge in [0, 0.05) is 6.42 Å². The quantitative estimate of drug-likeness (QED) is 0.0280. The van der Waals surface area contributed by atoms with Gasteiger partial charge in [-0.25, -0.2) is 4.57 Å². The first kappa shape index (κ1) is 44.2. The number of likely N-dealkylation sites (N-methyl/N-ethyl adjacent to an activating group) is 1. The van der Waals surface area contributed by atoms with Crippen LogP contribution in [0.2, 0.25) is 0 Å². The zero-order chi connectivity index (χ0) is 33.7. The normalized spacial score (nSPS) is 14.9. The minimum absolute atomic E-state index is 0.0639. The number of carbonyl (C=O) groups excluding carboxylic acids is 1. The van der Waals surface area contributed by atoms with Crippen molar-refractivity contribution in [3.05, 3.63) is 12.2 Å². The molecule has 0 saturated heterocycles. The largest absolute Gasteiger partial charge is 0.472 e. The zero-order valence-corrected chi connectivity index (χ0v) is 31.0. The Kier molecular flexibility index (Phi) is 28.9. The molecule has 1 unspecified atom stereocenters. The lowest BCUT2D eigenvalue weighted by Gasteiger charge is -2.25. The van der Waals surface area contributed by atoms with Gasteiger partial charge in [0.2, 0.25) is 5.91 Å². The number of rotatable bonds is 33. The minimum Gasteiger partial charge on any atom is -0.387 e. The molecule has 0 aliphatic heterocycles. The topological polar surface area (TPSA) is 105 Å². The van der Waals surface area contributed by atoms with Crippen molar-refractivity contribution >= 4 is 13.7 Å². The smallest absolute Gasteiger partial charge is 0.387 e. The Bertz CT molecular complexity index is 758. The minimum atomic E-state index is -4.32. The second kappa shape index (κ2) is 29.4. The highest BCUT2D eigenvalue weighted by Crippen LogP contribution is 2.43. The fourth-order valence-corrected chi connectivity index (χ4v) is 5.95. The Hall–Kier alpha value is -0.760. The van der Waals surface area contributed by atoms with E-state index in [2.05, 4.69) is 19.2 Å². The third kappa shape index (κ3) is 31.6. The molecule has 0 heterocycles. The molecule has 0 aromatic carbocycles. The summed E-state index contributed by atoms with van der Waals surface area (Å²) in [6.45, 7) is 4.77. The molecule has 3 atom stereocenters. The highest BCUT2D eigenvalue weighted by molar-refractivity contribution is 7.47. The van der Waals surface area contributed by atoms with Crippen LogP contribution in [0.5, 0.6) is 0 Å². The third-order valence-electron chi connectivity index (χ3n) is 8.26. The van der Waals surface area contributed by atoms with E-state index in [0.717, 1.165) is 38.5 Å². The fraction of sp³-hybridized carbons (Fsp3) is 0.917. The van der Waals surface area contributed by atoms with Crippen LogP contribution in [0, 0.1) is 0 Å². The van der Waals surface area contributed by atoms with Crippen LogP contribution in [0.4, 0.5) is 0 Å². The maximum Gasteiger partial charge on any atom is 0.472 e. The molecule has 8 nitrogen and oxygen atoms in total. The van der Waals surface area contributed by atoms with Gasteiger partial charge in [-0.05, 0) is 19.3 Å². The zero-order valence-electron chi connectivity index (χ0n) is 30.1. The van der Waals surface area contributed by atoms with Crippen molar-refractivity contribution in [2.75, 3.05) is 40.9 Å². The Balaban J connectivity index is 4.53. The lowest BCUT2D eigenvalue weighted by molar-refractivity contribution is -0.870. The summed E-state index contributed by atoms with van der Waals surface area (Å²) in [6.07, 6.45) is 29.8. The molecule has 0 aliphatic carbocycles. The van der Waals surface area contributed by atoms with E-state index in [-0.39, 0.29) is 19.1 Å². The van der Waals surface area contributed by atoms with Crippen molar-refractivity contribution < 1.29 is 32.9 Å². The molecule has 0 fully saturated rings. The number of carbonyl (C=O) groups is 1. The van der Waals surface area contributed by atoms with Gasteiger partial charge in [-0.3, -0.25) is 13.8 Å². The van der Waals surface area contributed by atoms with Crippen LogP contribution in [0.3, 0.4) is 0 Å². The van der Waals surface area contributed by atoms with E-state index in [1.807, 2.05) is 27.2 Å². The number of aliphatic hydroxyl groups excluding tert-OH is 1. The molecule has 0 bridgehead atoms. The number of hydrogen-bond donors (Lipinski definition) is 3. The van der Waals surface area contributed by atoms with Gasteiger partial charge in [0.05, 0.1) is 39.9 Å². The van der Waals surface area contributed by atoms with Crippen LogP contribution >= 0.6 is 7.82 Å². The predicted molar refractivity (Wildman–Crippen MR) is 189 cm³/mol. The van der Waals surface area contributed by atoms with E-state index < -0.39 is 20.0 Å². The number of nitrogens with one attached hydrogen (secondary N) is 1. The number of allylic oxidation sites excluding steroid dienone is 1. The van der Waals surface area contributed by atoms with E-state index in [9.17, 15) is 19.4 Å². The molecular formula is C36H74N2O6P+. The van der Waals surface area contributed by atoms with Gasteiger partial charge in [-0.15, -0.1) is 0 Å². The standard InChI is InChI=1S/C36H73N2O6P/c1-6-8-10-12-14-16-18-19-20-22-24-26-28-30-36(40)37-34(33-44-45(41,42)43-32-31-38(3,4)5)35(39)29-27-25-23-21-17-15-13-11-9-7-2/h27,29,34-35,39H,6-26,28,30-33H2,1-5H3,(H-,37,40,41,42)/p+1/b29-27+/t34-,35+/m0/s1. The monoisotopic (exact) mass is 662 g/mol. The van der Waals surface area contributed by atoms with Crippen molar-refractivity contribution in [3.8, 4) is 0 Å². The van der Waals surface area contributed by atoms with E-state index in [1.165, 1.54) is 103 Å². The molecular weight excluding hydrogens is 587 g/mol. The summed E-state index contributed by atoms with van der Waals surface area (Å²) >= 11 is 0. The molecule has 0 spiro atoms. The summed E-state index contributed by atoms with van der Waals surface area (Å²) < 4.78 is 23.4. The highest BCUT2D eigenvalue weighted by atomic mass is 31.2. The SMILES string of the molecule is CCCCCCCCCC/C=C/[C@@H](O)[C@H](COP(=O)(O)OCC[N+](C)(C)C)NC(=O)CCCCCCCCCCCCCCC. The Morgan fingerprint density at radius 3 is 1.64 bits per heavy atom. The maximum absolute atomic E-state index is 12.7. The molecule has 1 amide bonds. The lowest BCUT2D eigenvalue weighted by Crippen LogP contribution is -2.45. The average Bonchev–Trinajstić information content (AvgIpc) is 2.97. The molecule has 45 heavy (non-hydrogen) atoms. The van der Waals surface area contributed by atoms with Gasteiger partial charge < -0.3 is 19.8 Å². The molecule has 0 rings (SSSR count). The molecule has 0 aromatic heterocycles. The summed E-state index contributed by atoms with van der Waals surface area (Å²) in [7, 11) is 1.57. The Morgan fingerprint density at radius 2 is 1.18 bits per heavy atom. The van der Waals surface area contributed by atoms with Crippen LogP contribution < -0.4 is 5.32 Å². The number of phosphoric ester groups is 1. The first-order chi connectivity index (χ1) is 21.5. The van der Waals surface area contributed by atoms with E-state index in [0.29, 0.717) is 17.4 Å². The summed E-state index contributed by atoms with van der Waals surface area (Å²) in [5, 5.41) is 13.7. The molecule has 268 valence electrons. The van der Waals surface area contributed by atoms with E-state index >= 15 is 0 Å². The van der Waals surface area contributed by atoms with Crippen molar-refractivity contribution in [1.29, 1.82) is 0 Å². The second-order valence-electron chi connectivity index (χ2n) is 14.0. The highest BCUT2D eigenvalue weighted by Gasteiger charge is 2.27. The summed E-state index contributed by atoms with van der Waals surface area (Å²) in [5.41, 5.74) is 0. The lowest BCUT2D eigenvalue weighted by atomic mass is 10.0. The number of hydrogen-bond acceptors (Lipinski definition) is 5. The first-order valence-electron chi connectivity index (χ1n) is 18.6. The van der Waals surface area contributed by atoms with Crippen LogP contribution in [0.1, 0.15) is 162 Å². The fourth-order valence-electron chi connectivity index (χ4n) is 5.22. The summed E-state index contributed by atoms with van der Waals surface area (Å²) in [4.78, 5) is 22.9. The first-order valence-corrected chi connectivity index (χ1v) is 20.1. The van der Waals surface area contributed by atoms with Crippen molar-refractivity contribution in [1.82, 2.24) is 5.32 Å². The molecule has 0 radical (unpaired) electrons. The van der Waals surface area contributed by atoms with E-state index in [1.54, 1.807) is 6.08 Å². The van der Waals surface area contributed by atoms with Gasteiger partial charge in [-0.1, -0.05) is 148 Å². The van der Waals surface area contributed by atoms with E-state index in [4.69, 9.17) is 9.05 Å². The van der Waals surface area contributed by atoms with Gasteiger partial charge in [0.1, 0.15) is 13.2 Å². The molecule has 0 saturated carbocycles. The Morgan fingerprint density at radius 1 is 0.733 bits per heavy atom. The predicted octanol–water partition coefficient (Wildman–Crippen LogP) is 9.24. The number of phosphoric acid groups is 1. The number of unbranched alkanes of at least 4 members (excludes halogenated alkanes) is 20. The van der Waals surface area contributed by atoms with Gasteiger partial charge in [0.25, 0.3) is 0 Å². The summed E-state index contributed by atoms with van der Waals surface area (Å²) in [5.74, 6) is -0.180. The van der Waals surface area contributed by atoms with Crippen molar-refractivity contribution in [2.45, 2.75) is 174 Å². The summed E-state index contributed by atoms with van der Waals surface area (Å²) in [6, 6.07) is -0.836. The maximum atomic E-state index is 12.7. The van der Waals surface area contributed by atoms with Crippen LogP contribution in [-0.2, 0) is 18.4 Å². The average molecular weight is 662 g/mol. The van der Waals surface area contributed by atoms with Gasteiger partial charge in [-0.2, -0.15) is 0 Å². The van der Waals surface area contributed by atoms with Gasteiger partial charge >= 0.3 is 7.82 Å². The molecule has 0 aliphatic rings. The number of quaternary nitrogens is 1. The van der Waals surface area contributed by atoms with Crippen molar-refractivity contribution in [3.63, 3.8) is 0 Å². The number of nitrogens with zero attached hydrogens (tertiary/aromatic N) is 1. The van der Waals surface area contributed by atoms with Crippen LogP contribution in [-0.4, -0.2) is 73.4 Å². The van der Waals surface area contributed by atoms with Crippen LogP contribution in [0.15, 0.2) is 12.2 Å². The van der Waals surface area contributed by atoms with Crippen LogP contribution in [0.25, 0.3) is 0 Å². The second-order valence-corrected chi connectivity index (χ2v) is 15.4. The molecule has 3 N–H and O–H groups in total. The number of amides is 1. The molecule has 0 aromatic rings. The van der Waals surface area contributed by atoms with Gasteiger partial charge in [0.15, 0.2) is 0 Å². The third-order valence-corrected chi connectivity index (χ3v) is 9.24. The Labute approximate surface area is 278 Å². The molecule has 9 heteroatoms. The van der Waals surface area contributed by atoms with Crippen molar-refractivity contribution in [2.24, 2.45) is 0 Å². The number of aliphatic hydroxyl groups is 1.